The van der Waals surface area contributed by atoms with Crippen molar-refractivity contribution in [2.24, 2.45) is 4.99 Å². The van der Waals surface area contributed by atoms with Gasteiger partial charge >= 0.3 is 6.18 Å². The zero-order chi connectivity index (χ0) is 20.9. The summed E-state index contributed by atoms with van der Waals surface area (Å²) < 4.78 is 40.0. The number of nitrogens with one attached hydrogen (secondary N) is 3. The Kier molecular flexibility index (Phi) is 8.61. The van der Waals surface area contributed by atoms with Crippen LogP contribution in [0.1, 0.15) is 43.1 Å². The van der Waals surface area contributed by atoms with Crippen molar-refractivity contribution in [2.45, 2.75) is 45.5 Å². The zero-order valence-electron chi connectivity index (χ0n) is 16.7. The standard InChI is InChI=1S/C17H24F3N9.HI/c1-3-21-15(26-12-5-4-10-29-14(12)25-11(2)28-29)23-8-9-24-16-22-7-6-13(27-16)17(18,19)20;/h6-7,12H,3-5,8-10H2,1-2H3,(H2,21,23,26)(H,22,24,27);1H. The average Bonchev–Trinajstić information content (AvgIpc) is 3.06. The van der Waals surface area contributed by atoms with E-state index >= 15 is 0 Å². The van der Waals surface area contributed by atoms with Crippen LogP contribution in [-0.4, -0.2) is 50.3 Å². The monoisotopic (exact) mass is 539 g/mol. The number of aliphatic imine (C=N–C) groups is 1. The van der Waals surface area contributed by atoms with Crippen LogP contribution in [-0.2, 0) is 12.7 Å². The second kappa shape index (κ2) is 10.7. The Morgan fingerprint density at radius 1 is 1.33 bits per heavy atom. The summed E-state index contributed by atoms with van der Waals surface area (Å²) in [5.74, 6) is 2.15. The number of nitrogens with zero attached hydrogens (tertiary/aromatic N) is 6. The molecular weight excluding hydrogens is 514 g/mol. The number of alkyl halides is 3. The molecule has 0 aliphatic carbocycles. The predicted octanol–water partition coefficient (Wildman–Crippen LogP) is 2.52. The minimum Gasteiger partial charge on any atom is -0.357 e. The maximum absolute atomic E-state index is 12.7. The molecule has 0 fully saturated rings. The summed E-state index contributed by atoms with van der Waals surface area (Å²) in [4.78, 5) is 16.2. The third-order valence-electron chi connectivity index (χ3n) is 4.25. The molecule has 0 saturated carbocycles. The van der Waals surface area contributed by atoms with E-state index in [9.17, 15) is 13.2 Å². The number of guanidine groups is 1. The predicted molar refractivity (Wildman–Crippen MR) is 117 cm³/mol. The highest BCUT2D eigenvalue weighted by atomic mass is 127. The van der Waals surface area contributed by atoms with E-state index in [1.54, 1.807) is 0 Å². The van der Waals surface area contributed by atoms with Gasteiger partial charge in [-0.25, -0.2) is 19.6 Å². The SMILES string of the molecule is CCNC(=NCCNc1nccc(C(F)(F)F)n1)NC1CCCn2nc(C)nc21.I. The fourth-order valence-corrected chi connectivity index (χ4v) is 3.03. The van der Waals surface area contributed by atoms with Crippen molar-refractivity contribution in [3.05, 3.63) is 29.6 Å². The Morgan fingerprint density at radius 2 is 2.13 bits per heavy atom. The van der Waals surface area contributed by atoms with Crippen LogP contribution >= 0.6 is 24.0 Å². The number of halogens is 4. The van der Waals surface area contributed by atoms with E-state index in [2.05, 4.69) is 41.0 Å². The third kappa shape index (κ3) is 6.40. The van der Waals surface area contributed by atoms with Crippen molar-refractivity contribution in [3.63, 3.8) is 0 Å². The first-order valence-electron chi connectivity index (χ1n) is 9.47. The van der Waals surface area contributed by atoms with E-state index in [0.717, 1.165) is 43.3 Å². The van der Waals surface area contributed by atoms with Gasteiger partial charge in [0.2, 0.25) is 5.95 Å². The van der Waals surface area contributed by atoms with Gasteiger partial charge in [0, 0.05) is 25.8 Å². The molecule has 13 heteroatoms. The molecule has 1 aliphatic rings. The molecule has 30 heavy (non-hydrogen) atoms. The molecule has 0 radical (unpaired) electrons. The van der Waals surface area contributed by atoms with Crippen molar-refractivity contribution >= 4 is 35.9 Å². The quantitative estimate of drug-likeness (QED) is 0.224. The number of aromatic nitrogens is 5. The van der Waals surface area contributed by atoms with Crippen LogP contribution in [0.5, 0.6) is 0 Å². The molecule has 1 unspecified atom stereocenters. The van der Waals surface area contributed by atoms with Crippen LogP contribution in [0.3, 0.4) is 0 Å². The molecule has 3 rings (SSSR count). The Hall–Kier alpha value is -2.19. The number of fused-ring (bicyclic) bond motifs is 1. The van der Waals surface area contributed by atoms with Gasteiger partial charge in [0.05, 0.1) is 12.6 Å². The molecule has 0 bridgehead atoms. The first-order valence-corrected chi connectivity index (χ1v) is 9.47. The lowest BCUT2D eigenvalue weighted by atomic mass is 10.1. The third-order valence-corrected chi connectivity index (χ3v) is 4.25. The van der Waals surface area contributed by atoms with Crippen LogP contribution in [0.2, 0.25) is 0 Å². The molecule has 0 saturated heterocycles. The highest BCUT2D eigenvalue weighted by molar-refractivity contribution is 14.0. The van der Waals surface area contributed by atoms with Crippen molar-refractivity contribution in [2.75, 3.05) is 25.0 Å². The van der Waals surface area contributed by atoms with Crippen LogP contribution in [0.4, 0.5) is 19.1 Å². The molecule has 9 nitrogen and oxygen atoms in total. The van der Waals surface area contributed by atoms with E-state index in [-0.39, 0.29) is 42.5 Å². The number of anilines is 1. The summed E-state index contributed by atoms with van der Waals surface area (Å²) in [5, 5.41) is 13.7. The van der Waals surface area contributed by atoms with Crippen molar-refractivity contribution in [3.8, 4) is 0 Å². The Morgan fingerprint density at radius 3 is 2.87 bits per heavy atom. The Balaban J connectivity index is 0.00000320. The summed E-state index contributed by atoms with van der Waals surface area (Å²) in [5.41, 5.74) is -0.981. The van der Waals surface area contributed by atoms with Crippen LogP contribution in [0.15, 0.2) is 17.3 Å². The van der Waals surface area contributed by atoms with Crippen LogP contribution in [0, 0.1) is 6.92 Å². The lowest BCUT2D eigenvalue weighted by Crippen LogP contribution is -2.41. The minimum atomic E-state index is -4.50. The van der Waals surface area contributed by atoms with Gasteiger partial charge in [-0.15, -0.1) is 24.0 Å². The van der Waals surface area contributed by atoms with E-state index < -0.39 is 11.9 Å². The van der Waals surface area contributed by atoms with E-state index in [4.69, 9.17) is 0 Å². The zero-order valence-corrected chi connectivity index (χ0v) is 19.0. The van der Waals surface area contributed by atoms with Crippen LogP contribution < -0.4 is 16.0 Å². The highest BCUT2D eigenvalue weighted by Crippen LogP contribution is 2.27. The van der Waals surface area contributed by atoms with Gasteiger partial charge < -0.3 is 16.0 Å². The summed E-state index contributed by atoms with van der Waals surface area (Å²) in [6.45, 7) is 5.96. The normalized spacial score (nSPS) is 16.4. The molecule has 1 atom stereocenters. The van der Waals surface area contributed by atoms with E-state index in [1.807, 2.05) is 18.5 Å². The molecule has 1 aliphatic heterocycles. The van der Waals surface area contributed by atoms with Crippen molar-refractivity contribution in [1.82, 2.24) is 35.4 Å². The van der Waals surface area contributed by atoms with Gasteiger partial charge in [-0.05, 0) is 32.8 Å². The Labute approximate surface area is 189 Å². The molecule has 166 valence electrons. The van der Waals surface area contributed by atoms with Gasteiger partial charge in [-0.1, -0.05) is 0 Å². The smallest absolute Gasteiger partial charge is 0.357 e. The molecular formula is C17H25F3IN9. The molecule has 3 N–H and O–H groups in total. The average molecular weight is 539 g/mol. The number of rotatable bonds is 6. The first-order chi connectivity index (χ1) is 13.9. The summed E-state index contributed by atoms with van der Waals surface area (Å²) >= 11 is 0. The summed E-state index contributed by atoms with van der Waals surface area (Å²) in [7, 11) is 0. The van der Waals surface area contributed by atoms with Gasteiger partial charge in [-0.3, -0.25) is 4.99 Å². The fraction of sp³-hybridized carbons (Fsp3) is 0.588. The van der Waals surface area contributed by atoms with Crippen molar-refractivity contribution in [1.29, 1.82) is 0 Å². The molecule has 2 aromatic rings. The van der Waals surface area contributed by atoms with Crippen LogP contribution in [0.25, 0.3) is 0 Å². The van der Waals surface area contributed by atoms with E-state index in [1.165, 1.54) is 0 Å². The lowest BCUT2D eigenvalue weighted by Gasteiger charge is -2.25. The fourth-order valence-electron chi connectivity index (χ4n) is 3.03. The highest BCUT2D eigenvalue weighted by Gasteiger charge is 2.32. The number of hydrogen-bond acceptors (Lipinski definition) is 6. The number of hydrogen-bond donors (Lipinski definition) is 3. The van der Waals surface area contributed by atoms with Gasteiger partial charge in [0.25, 0.3) is 0 Å². The second-order valence-electron chi connectivity index (χ2n) is 6.53. The lowest BCUT2D eigenvalue weighted by molar-refractivity contribution is -0.141. The minimum absolute atomic E-state index is 0. The van der Waals surface area contributed by atoms with Gasteiger partial charge in [0.15, 0.2) is 5.96 Å². The second-order valence-corrected chi connectivity index (χ2v) is 6.53. The molecule has 0 spiro atoms. The summed E-state index contributed by atoms with van der Waals surface area (Å²) in [6.07, 6.45) is -1.52. The van der Waals surface area contributed by atoms with Gasteiger partial charge in [0.1, 0.15) is 17.3 Å². The molecule has 0 amide bonds. The maximum atomic E-state index is 12.7. The molecule has 0 aromatic carbocycles. The van der Waals surface area contributed by atoms with Gasteiger partial charge in [-0.2, -0.15) is 18.3 Å². The topological polar surface area (TPSA) is 105 Å². The largest absolute Gasteiger partial charge is 0.433 e. The molecule has 3 heterocycles. The first kappa shape index (κ1) is 24.1. The Bertz CT molecular complexity index is 853. The maximum Gasteiger partial charge on any atom is 0.433 e. The summed E-state index contributed by atoms with van der Waals surface area (Å²) in [6, 6.07) is 0.837. The number of aryl methyl sites for hydroxylation is 2. The van der Waals surface area contributed by atoms with E-state index in [0.29, 0.717) is 19.0 Å². The van der Waals surface area contributed by atoms with Crippen molar-refractivity contribution < 1.29 is 13.2 Å². The molecule has 2 aromatic heterocycles.